The molecule has 0 saturated carbocycles. The van der Waals surface area contributed by atoms with E-state index in [4.69, 9.17) is 0 Å². The van der Waals surface area contributed by atoms with Crippen molar-refractivity contribution in [3.8, 4) is 0 Å². The summed E-state index contributed by atoms with van der Waals surface area (Å²) in [6.07, 6.45) is 0. The standard InChI is InChI=1S/C29H28N2O3S/c1-21-16-18-25(19-17-21)35(33,34)31(20-24-12-5-4-6-13-24)27-15-8-7-14-26(27)29(32)30-28-22(2)10-9-11-23(28)3/h4-19H,20H2,1-3H3,(H,30,32). The molecule has 178 valence electrons. The predicted octanol–water partition coefficient (Wildman–Crippen LogP) is 6.26. The molecule has 0 heterocycles. The summed E-state index contributed by atoms with van der Waals surface area (Å²) in [5.74, 6) is -0.366. The molecule has 0 unspecified atom stereocenters. The Morgan fingerprint density at radius 1 is 0.743 bits per heavy atom. The van der Waals surface area contributed by atoms with E-state index >= 15 is 0 Å². The number of carbonyl (C=O) groups is 1. The number of anilines is 2. The van der Waals surface area contributed by atoms with E-state index in [0.717, 1.165) is 27.9 Å². The Balaban J connectivity index is 1.81. The Morgan fingerprint density at radius 2 is 1.34 bits per heavy atom. The number of carbonyl (C=O) groups excluding carboxylic acids is 1. The molecule has 0 spiro atoms. The number of rotatable bonds is 7. The highest BCUT2D eigenvalue weighted by Crippen LogP contribution is 2.30. The number of nitrogens with zero attached hydrogens (tertiary/aromatic N) is 1. The molecule has 0 radical (unpaired) electrons. The van der Waals surface area contributed by atoms with Crippen molar-refractivity contribution in [2.75, 3.05) is 9.62 Å². The molecule has 0 aliphatic heterocycles. The van der Waals surface area contributed by atoms with Crippen LogP contribution in [0.2, 0.25) is 0 Å². The van der Waals surface area contributed by atoms with Gasteiger partial charge in [0.15, 0.2) is 0 Å². The second kappa shape index (κ2) is 10.2. The van der Waals surface area contributed by atoms with Gasteiger partial charge in [-0.15, -0.1) is 0 Å². The van der Waals surface area contributed by atoms with E-state index in [-0.39, 0.29) is 22.9 Å². The number of aryl methyl sites for hydroxylation is 3. The first-order valence-electron chi connectivity index (χ1n) is 11.4. The van der Waals surface area contributed by atoms with Gasteiger partial charge in [0, 0.05) is 5.69 Å². The molecular formula is C29H28N2O3S. The topological polar surface area (TPSA) is 66.5 Å². The van der Waals surface area contributed by atoms with Crippen molar-refractivity contribution in [2.24, 2.45) is 0 Å². The smallest absolute Gasteiger partial charge is 0.264 e. The lowest BCUT2D eigenvalue weighted by atomic mass is 10.1. The van der Waals surface area contributed by atoms with E-state index in [1.807, 2.05) is 69.3 Å². The van der Waals surface area contributed by atoms with Gasteiger partial charge in [0.1, 0.15) is 0 Å². The fraction of sp³-hybridized carbons (Fsp3) is 0.138. The van der Waals surface area contributed by atoms with Crippen molar-refractivity contribution in [3.05, 3.63) is 125 Å². The minimum absolute atomic E-state index is 0.0880. The fourth-order valence-electron chi connectivity index (χ4n) is 3.96. The Bertz CT molecular complexity index is 1430. The number of hydrogen-bond donors (Lipinski definition) is 1. The van der Waals surface area contributed by atoms with Crippen molar-refractivity contribution in [1.29, 1.82) is 0 Å². The second-order valence-electron chi connectivity index (χ2n) is 8.55. The van der Waals surface area contributed by atoms with Crippen LogP contribution in [0.1, 0.15) is 32.6 Å². The normalized spacial score (nSPS) is 11.2. The summed E-state index contributed by atoms with van der Waals surface area (Å²) in [4.78, 5) is 13.6. The molecule has 0 aliphatic rings. The van der Waals surface area contributed by atoms with Crippen molar-refractivity contribution >= 4 is 27.3 Å². The Morgan fingerprint density at radius 3 is 2.00 bits per heavy atom. The number of para-hydroxylation sites is 2. The summed E-state index contributed by atoms with van der Waals surface area (Å²) in [6, 6.07) is 28.7. The lowest BCUT2D eigenvalue weighted by Crippen LogP contribution is -2.32. The first-order chi connectivity index (χ1) is 16.8. The molecule has 0 atom stereocenters. The largest absolute Gasteiger partial charge is 0.321 e. The third-order valence-electron chi connectivity index (χ3n) is 5.92. The molecule has 0 aliphatic carbocycles. The van der Waals surface area contributed by atoms with Gasteiger partial charge >= 0.3 is 0 Å². The number of sulfonamides is 1. The molecule has 4 aromatic carbocycles. The van der Waals surface area contributed by atoms with E-state index in [9.17, 15) is 13.2 Å². The maximum Gasteiger partial charge on any atom is 0.264 e. The number of nitrogens with one attached hydrogen (secondary N) is 1. The molecule has 0 fully saturated rings. The second-order valence-corrected chi connectivity index (χ2v) is 10.4. The zero-order chi connectivity index (χ0) is 25.0. The highest BCUT2D eigenvalue weighted by atomic mass is 32.2. The van der Waals surface area contributed by atoms with Gasteiger partial charge in [-0.05, 0) is 61.7 Å². The number of amides is 1. The molecule has 5 nitrogen and oxygen atoms in total. The zero-order valence-electron chi connectivity index (χ0n) is 20.0. The van der Waals surface area contributed by atoms with Crippen molar-refractivity contribution < 1.29 is 13.2 Å². The van der Waals surface area contributed by atoms with Gasteiger partial charge in [0.25, 0.3) is 15.9 Å². The molecule has 0 aromatic heterocycles. The van der Waals surface area contributed by atoms with E-state index in [0.29, 0.717) is 5.69 Å². The Kier molecular flexibility index (Phi) is 7.03. The monoisotopic (exact) mass is 484 g/mol. The molecule has 35 heavy (non-hydrogen) atoms. The van der Waals surface area contributed by atoms with Crippen LogP contribution in [0, 0.1) is 20.8 Å². The summed E-state index contributed by atoms with van der Waals surface area (Å²) >= 11 is 0. The third kappa shape index (κ3) is 5.28. The van der Waals surface area contributed by atoms with E-state index in [1.165, 1.54) is 4.31 Å². The lowest BCUT2D eigenvalue weighted by Gasteiger charge is -2.27. The van der Waals surface area contributed by atoms with Crippen LogP contribution in [0.25, 0.3) is 0 Å². The molecule has 4 rings (SSSR count). The average molecular weight is 485 g/mol. The van der Waals surface area contributed by atoms with Gasteiger partial charge in [-0.1, -0.05) is 78.4 Å². The molecule has 1 amide bonds. The third-order valence-corrected chi connectivity index (χ3v) is 7.69. The van der Waals surface area contributed by atoms with Crippen LogP contribution in [-0.2, 0) is 16.6 Å². The highest BCUT2D eigenvalue weighted by molar-refractivity contribution is 7.92. The average Bonchev–Trinajstić information content (AvgIpc) is 2.85. The highest BCUT2D eigenvalue weighted by Gasteiger charge is 2.28. The van der Waals surface area contributed by atoms with Gasteiger partial charge in [0.05, 0.1) is 22.7 Å². The van der Waals surface area contributed by atoms with Crippen molar-refractivity contribution in [2.45, 2.75) is 32.2 Å². The summed E-state index contributed by atoms with van der Waals surface area (Å²) in [5.41, 5.74) is 4.97. The van der Waals surface area contributed by atoms with Crippen LogP contribution in [0.5, 0.6) is 0 Å². The van der Waals surface area contributed by atoms with Gasteiger partial charge in [-0.2, -0.15) is 0 Å². The van der Waals surface area contributed by atoms with Crippen LogP contribution >= 0.6 is 0 Å². The van der Waals surface area contributed by atoms with E-state index < -0.39 is 10.0 Å². The van der Waals surface area contributed by atoms with Crippen LogP contribution in [0.3, 0.4) is 0 Å². The molecule has 1 N–H and O–H groups in total. The van der Waals surface area contributed by atoms with Crippen LogP contribution in [0.15, 0.2) is 102 Å². The summed E-state index contributed by atoms with van der Waals surface area (Å²) in [7, 11) is -3.96. The fourth-order valence-corrected chi connectivity index (χ4v) is 5.43. The predicted molar refractivity (Wildman–Crippen MR) is 141 cm³/mol. The quantitative estimate of drug-likeness (QED) is 0.337. The van der Waals surface area contributed by atoms with Gasteiger partial charge in [-0.3, -0.25) is 9.10 Å². The van der Waals surface area contributed by atoms with E-state index in [2.05, 4.69) is 5.32 Å². The van der Waals surface area contributed by atoms with Gasteiger partial charge < -0.3 is 5.32 Å². The lowest BCUT2D eigenvalue weighted by molar-refractivity contribution is 0.102. The summed E-state index contributed by atoms with van der Waals surface area (Å²) < 4.78 is 29.1. The Hall–Kier alpha value is -3.90. The van der Waals surface area contributed by atoms with E-state index in [1.54, 1.807) is 48.5 Å². The SMILES string of the molecule is Cc1ccc(S(=O)(=O)N(Cc2ccccc2)c2ccccc2C(=O)Nc2c(C)cccc2C)cc1. The maximum atomic E-state index is 13.9. The van der Waals surface area contributed by atoms with Crippen molar-refractivity contribution in [1.82, 2.24) is 0 Å². The van der Waals surface area contributed by atoms with Crippen LogP contribution in [0.4, 0.5) is 11.4 Å². The minimum atomic E-state index is -3.96. The maximum absolute atomic E-state index is 13.9. The summed E-state index contributed by atoms with van der Waals surface area (Å²) in [6.45, 7) is 5.85. The first kappa shape index (κ1) is 24.2. The first-order valence-corrected chi connectivity index (χ1v) is 12.8. The molecule has 0 saturated heterocycles. The zero-order valence-corrected chi connectivity index (χ0v) is 20.8. The number of benzene rings is 4. The van der Waals surface area contributed by atoms with Gasteiger partial charge in [0.2, 0.25) is 0 Å². The number of hydrogen-bond acceptors (Lipinski definition) is 3. The Labute approximate surface area is 207 Å². The molecule has 0 bridgehead atoms. The van der Waals surface area contributed by atoms with Crippen LogP contribution < -0.4 is 9.62 Å². The van der Waals surface area contributed by atoms with Gasteiger partial charge in [-0.25, -0.2) is 8.42 Å². The van der Waals surface area contributed by atoms with Crippen molar-refractivity contribution in [3.63, 3.8) is 0 Å². The van der Waals surface area contributed by atoms with Crippen LogP contribution in [-0.4, -0.2) is 14.3 Å². The minimum Gasteiger partial charge on any atom is -0.321 e. The molecular weight excluding hydrogens is 456 g/mol. The molecule has 6 heteroatoms. The molecule has 4 aromatic rings. The summed E-state index contributed by atoms with van der Waals surface area (Å²) in [5, 5.41) is 2.99.